The molecule has 0 aliphatic carbocycles. The molecule has 0 amide bonds. The molecule has 0 atom stereocenters. The van der Waals surface area contributed by atoms with Crippen molar-refractivity contribution in [2.45, 2.75) is 122 Å². The number of hydrogen-bond donors (Lipinski definition) is 5. The second-order valence-corrected chi connectivity index (χ2v) is 17.6. The molecule has 5 N–H and O–H groups in total. The van der Waals surface area contributed by atoms with Crippen molar-refractivity contribution in [2.75, 3.05) is 37.0 Å². The lowest BCUT2D eigenvalue weighted by molar-refractivity contribution is -0.697. The summed E-state index contributed by atoms with van der Waals surface area (Å²) in [5.41, 5.74) is 3.39. The van der Waals surface area contributed by atoms with Gasteiger partial charge >= 0.3 is 15.6 Å². The van der Waals surface area contributed by atoms with E-state index in [0.29, 0.717) is 32.2 Å². The highest BCUT2D eigenvalue weighted by Crippen LogP contribution is 2.36. The van der Waals surface area contributed by atoms with Crippen molar-refractivity contribution in [1.29, 1.82) is 0 Å². The molecule has 0 aliphatic rings. The third-order valence-corrected chi connectivity index (χ3v) is 10.7. The molecule has 0 fully saturated rings. The van der Waals surface area contributed by atoms with Crippen molar-refractivity contribution in [2.24, 2.45) is 0 Å². The molecule has 0 saturated carbocycles. The van der Waals surface area contributed by atoms with Crippen molar-refractivity contribution in [3.8, 4) is 0 Å². The van der Waals surface area contributed by atoms with Crippen LogP contribution in [0.3, 0.4) is 0 Å². The van der Waals surface area contributed by atoms with Crippen molar-refractivity contribution in [3.05, 3.63) is 59.9 Å². The fraction of sp³-hybridized carbons (Fsp3) is 0.649. The van der Waals surface area contributed by atoms with Gasteiger partial charge in [-0.05, 0) is 55.4 Å². The number of benzene rings is 1. The molecule has 1 aromatic heterocycles. The summed E-state index contributed by atoms with van der Waals surface area (Å²) in [6, 6.07) is 12.7. The Morgan fingerprint density at radius 3 is 1.38 bits per heavy atom. The number of nitrogens with zero attached hydrogens (tertiary/aromatic N) is 2. The molecule has 1 heterocycles. The predicted octanol–water partition coefficient (Wildman–Crippen LogP) is 8.08. The molecule has 13 nitrogen and oxygen atoms in total. The van der Waals surface area contributed by atoms with Crippen LogP contribution in [0.25, 0.3) is 12.2 Å². The first-order valence-corrected chi connectivity index (χ1v) is 23.7. The van der Waals surface area contributed by atoms with E-state index in [1.807, 2.05) is 29.1 Å². The smallest absolute Gasteiger partial charge is 0.372 e. The summed E-state index contributed by atoms with van der Waals surface area (Å²) in [6.45, 7) is 2.85. The maximum atomic E-state index is 10.9. The topological polar surface area (TPSA) is 195 Å². The standard InChI is InChI=1S/C37H62N2O11P2S/c40-51(41,42)49-32-16-11-7-3-1-5-9-13-28-39(29-14-10-6-2-4-8-12-17-33-50-52(43,44)45)37-23-21-35(22-24-37)19-20-36-25-30-38(31-26-36)27-15-18-34-53(46,47)48/h19-26,30-31H,1-18,27-29,32-34H2,(H4-,40,41,42,43,44,45,46,47,48)/p+1. The van der Waals surface area contributed by atoms with Crippen LogP contribution < -0.4 is 9.47 Å². The van der Waals surface area contributed by atoms with Crippen LogP contribution in [0.2, 0.25) is 0 Å². The zero-order chi connectivity index (χ0) is 38.8. The quantitative estimate of drug-likeness (QED) is 0.0207. The van der Waals surface area contributed by atoms with Crippen LogP contribution >= 0.6 is 15.6 Å². The van der Waals surface area contributed by atoms with E-state index in [4.69, 9.17) is 24.1 Å². The number of unbranched alkanes of at least 4 members (excludes halogenated alkanes) is 15. The van der Waals surface area contributed by atoms with Crippen molar-refractivity contribution >= 4 is 43.6 Å². The Labute approximate surface area is 317 Å². The van der Waals surface area contributed by atoms with Gasteiger partial charge in [-0.15, -0.1) is 0 Å². The van der Waals surface area contributed by atoms with Gasteiger partial charge in [0, 0.05) is 37.3 Å². The zero-order valence-corrected chi connectivity index (χ0v) is 33.7. The van der Waals surface area contributed by atoms with Crippen LogP contribution in [0.15, 0.2) is 48.8 Å². The van der Waals surface area contributed by atoms with Gasteiger partial charge in [0.1, 0.15) is 6.54 Å². The Bertz CT molecular complexity index is 1440. The van der Waals surface area contributed by atoms with Gasteiger partial charge in [-0.2, -0.15) is 8.42 Å². The van der Waals surface area contributed by atoms with Gasteiger partial charge in [-0.3, -0.25) is 13.6 Å². The van der Waals surface area contributed by atoms with E-state index in [1.54, 1.807) is 0 Å². The number of aromatic nitrogens is 1. The molecule has 53 heavy (non-hydrogen) atoms. The average molecular weight is 806 g/mol. The maximum absolute atomic E-state index is 10.9. The van der Waals surface area contributed by atoms with E-state index < -0.39 is 25.8 Å². The van der Waals surface area contributed by atoms with Gasteiger partial charge in [0.25, 0.3) is 10.1 Å². The first kappa shape index (κ1) is 47.2. The number of hydrogen-bond acceptors (Lipinski definition) is 7. The second-order valence-electron chi connectivity index (χ2n) is 13.6. The number of anilines is 1. The molecule has 0 bridgehead atoms. The van der Waals surface area contributed by atoms with E-state index in [1.165, 1.54) is 5.69 Å². The summed E-state index contributed by atoms with van der Waals surface area (Å²) < 4.78 is 63.2. The molecular formula is C37H63N2O11P2S+. The van der Waals surface area contributed by atoms with E-state index >= 15 is 0 Å². The number of phosphoric acid groups is 2. The fourth-order valence-electron chi connectivity index (χ4n) is 5.96. The Hall–Kier alpha value is -1.96. The Balaban J connectivity index is 1.79. The average Bonchev–Trinajstić information content (AvgIpc) is 3.09. The highest BCUT2D eigenvalue weighted by molar-refractivity contribution is 7.85. The number of phosphoric ester groups is 2. The second kappa shape index (κ2) is 26.8. The van der Waals surface area contributed by atoms with E-state index in [9.17, 15) is 17.5 Å². The molecule has 0 saturated heterocycles. The van der Waals surface area contributed by atoms with Crippen LogP contribution in [0.4, 0.5) is 5.69 Å². The lowest BCUT2D eigenvalue weighted by atomic mass is 10.1. The molecule has 0 aliphatic heterocycles. The van der Waals surface area contributed by atoms with Crippen molar-refractivity contribution in [1.82, 2.24) is 0 Å². The third-order valence-electron chi connectivity index (χ3n) is 8.88. The van der Waals surface area contributed by atoms with Crippen LogP contribution in [0, 0.1) is 0 Å². The summed E-state index contributed by atoms with van der Waals surface area (Å²) in [6.07, 6.45) is 25.7. The van der Waals surface area contributed by atoms with Crippen LogP contribution in [0.1, 0.15) is 127 Å². The summed E-state index contributed by atoms with van der Waals surface area (Å²) in [5.74, 6) is -0.217. The normalized spacial score (nSPS) is 12.5. The van der Waals surface area contributed by atoms with E-state index in [2.05, 4.69) is 50.4 Å². The minimum atomic E-state index is -4.37. The highest BCUT2D eigenvalue weighted by Gasteiger charge is 2.13. The van der Waals surface area contributed by atoms with Gasteiger partial charge in [0.2, 0.25) is 0 Å². The summed E-state index contributed by atoms with van der Waals surface area (Å²) in [5, 5.41) is 0. The lowest BCUT2D eigenvalue weighted by Gasteiger charge is -2.25. The molecule has 302 valence electrons. The Morgan fingerprint density at radius 2 is 0.962 bits per heavy atom. The van der Waals surface area contributed by atoms with Crippen LogP contribution in [0.5, 0.6) is 0 Å². The van der Waals surface area contributed by atoms with E-state index in [-0.39, 0.29) is 19.0 Å². The molecule has 16 heteroatoms. The molecule has 0 radical (unpaired) electrons. The van der Waals surface area contributed by atoms with Gasteiger partial charge in [-0.25, -0.2) is 13.7 Å². The van der Waals surface area contributed by atoms with Gasteiger partial charge in [0.05, 0.1) is 19.0 Å². The largest absolute Gasteiger partial charge is 0.469 e. The lowest BCUT2D eigenvalue weighted by Crippen LogP contribution is -2.32. The van der Waals surface area contributed by atoms with Gasteiger partial charge in [0.15, 0.2) is 12.4 Å². The SMILES string of the molecule is O=P(O)(O)OCCCCCCCCCCN(CCCCCCCCCCOP(=O)(O)O)c1ccc(/C=C/c2cc[n+](CCCCS(=O)(=O)O)cc2)cc1. The summed E-state index contributed by atoms with van der Waals surface area (Å²) >= 11 is 0. The van der Waals surface area contributed by atoms with Crippen LogP contribution in [-0.4, -0.2) is 64.6 Å². The van der Waals surface area contributed by atoms with Crippen LogP contribution in [-0.2, 0) is 34.8 Å². The minimum absolute atomic E-state index is 0.0949. The van der Waals surface area contributed by atoms with Gasteiger partial charge < -0.3 is 24.5 Å². The number of aryl methyl sites for hydroxylation is 1. The summed E-state index contributed by atoms with van der Waals surface area (Å²) in [7, 11) is -12.6. The molecule has 1 aromatic carbocycles. The molecule has 0 unspecified atom stereocenters. The predicted molar refractivity (Wildman–Crippen MR) is 210 cm³/mol. The molecule has 2 rings (SSSR count). The molecular weight excluding hydrogens is 742 g/mol. The van der Waals surface area contributed by atoms with E-state index in [0.717, 1.165) is 114 Å². The fourth-order valence-corrected chi connectivity index (χ4v) is 7.27. The number of rotatable bonds is 32. The highest BCUT2D eigenvalue weighted by atomic mass is 32.2. The zero-order valence-electron chi connectivity index (χ0n) is 31.1. The maximum Gasteiger partial charge on any atom is 0.469 e. The summed E-state index contributed by atoms with van der Waals surface area (Å²) in [4.78, 5) is 37.5. The monoisotopic (exact) mass is 805 g/mol. The molecule has 0 spiro atoms. The minimum Gasteiger partial charge on any atom is -0.372 e. The van der Waals surface area contributed by atoms with Crippen molar-refractivity contribution < 1.29 is 55.3 Å². The Kier molecular flexibility index (Phi) is 23.8. The number of pyridine rings is 1. The van der Waals surface area contributed by atoms with Crippen molar-refractivity contribution in [3.63, 3.8) is 0 Å². The molecule has 2 aromatic rings. The Morgan fingerprint density at radius 1 is 0.566 bits per heavy atom. The first-order valence-electron chi connectivity index (χ1n) is 19.1. The first-order chi connectivity index (χ1) is 25.2. The van der Waals surface area contributed by atoms with Gasteiger partial charge in [-0.1, -0.05) is 101 Å². The third kappa shape index (κ3) is 27.3.